The van der Waals surface area contributed by atoms with Crippen LogP contribution in [-0.4, -0.2) is 48.2 Å². The summed E-state index contributed by atoms with van der Waals surface area (Å²) in [5.74, 6) is -0.295. The molecule has 0 unspecified atom stereocenters. The molecule has 1 rings (SSSR count). The van der Waals surface area contributed by atoms with Crippen LogP contribution in [0.5, 0.6) is 0 Å². The van der Waals surface area contributed by atoms with Gasteiger partial charge in [-0.25, -0.2) is 0 Å². The number of aliphatic hydroxyl groups is 1. The van der Waals surface area contributed by atoms with Gasteiger partial charge < -0.3 is 14.7 Å². The highest BCUT2D eigenvalue weighted by molar-refractivity contribution is 5.77. The largest absolute Gasteiger partial charge is 0.466 e. The molecule has 0 saturated heterocycles. The summed E-state index contributed by atoms with van der Waals surface area (Å²) in [7, 11) is 0. The standard InChI is InChI=1S/C18H27NO4/c1-3-23-18(22)11-13-19(12-4-14-20)17(21)10-9-16-7-5-15(2)6-8-16/h5-8,20H,3-4,9-14H2,1-2H3. The molecule has 1 amide bonds. The second-order valence-electron chi connectivity index (χ2n) is 5.50. The van der Waals surface area contributed by atoms with Crippen LogP contribution in [0.2, 0.25) is 0 Å². The lowest BCUT2D eigenvalue weighted by Gasteiger charge is -2.22. The lowest BCUT2D eigenvalue weighted by Crippen LogP contribution is -2.34. The predicted molar refractivity (Wildman–Crippen MR) is 89.0 cm³/mol. The van der Waals surface area contributed by atoms with Gasteiger partial charge >= 0.3 is 5.97 Å². The zero-order valence-electron chi connectivity index (χ0n) is 14.1. The number of ether oxygens (including phenoxy) is 1. The second-order valence-corrected chi connectivity index (χ2v) is 5.50. The molecule has 0 spiro atoms. The van der Waals surface area contributed by atoms with Crippen molar-refractivity contribution in [1.82, 2.24) is 4.90 Å². The Morgan fingerprint density at radius 3 is 2.43 bits per heavy atom. The Bertz CT molecular complexity index is 484. The van der Waals surface area contributed by atoms with Gasteiger partial charge in [0.05, 0.1) is 13.0 Å². The number of amides is 1. The number of aliphatic hydroxyl groups excluding tert-OH is 1. The predicted octanol–water partition coefficient (Wildman–Crippen LogP) is 2.09. The topological polar surface area (TPSA) is 66.8 Å². The Labute approximate surface area is 138 Å². The van der Waals surface area contributed by atoms with Crippen LogP contribution in [0, 0.1) is 6.92 Å². The van der Waals surface area contributed by atoms with Gasteiger partial charge in [0, 0.05) is 26.1 Å². The van der Waals surface area contributed by atoms with Crippen LogP contribution in [0.15, 0.2) is 24.3 Å². The minimum Gasteiger partial charge on any atom is -0.466 e. The van der Waals surface area contributed by atoms with Gasteiger partial charge in [-0.15, -0.1) is 0 Å². The highest BCUT2D eigenvalue weighted by Crippen LogP contribution is 2.08. The minimum atomic E-state index is -0.298. The highest BCUT2D eigenvalue weighted by Gasteiger charge is 2.15. The number of nitrogens with zero attached hydrogens (tertiary/aromatic N) is 1. The van der Waals surface area contributed by atoms with Gasteiger partial charge in [0.2, 0.25) is 5.91 Å². The molecule has 128 valence electrons. The number of aryl methyl sites for hydroxylation is 2. The van der Waals surface area contributed by atoms with Crippen molar-refractivity contribution < 1.29 is 19.4 Å². The van der Waals surface area contributed by atoms with Gasteiger partial charge in [0.25, 0.3) is 0 Å². The monoisotopic (exact) mass is 321 g/mol. The van der Waals surface area contributed by atoms with Crippen LogP contribution >= 0.6 is 0 Å². The first-order valence-corrected chi connectivity index (χ1v) is 8.16. The Hall–Kier alpha value is -1.88. The highest BCUT2D eigenvalue weighted by atomic mass is 16.5. The number of carbonyl (C=O) groups excluding carboxylic acids is 2. The van der Waals surface area contributed by atoms with Crippen molar-refractivity contribution >= 4 is 11.9 Å². The van der Waals surface area contributed by atoms with Crippen molar-refractivity contribution in [3.05, 3.63) is 35.4 Å². The number of carbonyl (C=O) groups is 2. The molecule has 0 bridgehead atoms. The third-order valence-corrected chi connectivity index (χ3v) is 3.58. The smallest absolute Gasteiger partial charge is 0.307 e. The molecular weight excluding hydrogens is 294 g/mol. The first kappa shape index (κ1) is 19.2. The normalized spacial score (nSPS) is 10.4. The van der Waals surface area contributed by atoms with Crippen molar-refractivity contribution in [3.8, 4) is 0 Å². The Kier molecular flexibility index (Phi) is 8.98. The summed E-state index contributed by atoms with van der Waals surface area (Å²) in [6.07, 6.45) is 1.78. The zero-order chi connectivity index (χ0) is 17.1. The molecule has 5 nitrogen and oxygen atoms in total. The van der Waals surface area contributed by atoms with Crippen LogP contribution in [0.25, 0.3) is 0 Å². The van der Waals surface area contributed by atoms with Crippen LogP contribution in [-0.2, 0) is 20.7 Å². The van der Waals surface area contributed by atoms with E-state index in [1.165, 1.54) is 5.56 Å². The van der Waals surface area contributed by atoms with E-state index in [0.29, 0.717) is 39.0 Å². The molecule has 0 aliphatic rings. The van der Waals surface area contributed by atoms with Gasteiger partial charge in [-0.1, -0.05) is 29.8 Å². The number of hydrogen-bond acceptors (Lipinski definition) is 4. The fourth-order valence-electron chi connectivity index (χ4n) is 2.25. The van der Waals surface area contributed by atoms with E-state index >= 15 is 0 Å². The summed E-state index contributed by atoms with van der Waals surface area (Å²) in [5, 5.41) is 8.96. The number of hydrogen-bond donors (Lipinski definition) is 1. The Balaban J connectivity index is 2.49. The van der Waals surface area contributed by atoms with Crippen molar-refractivity contribution in [2.45, 2.75) is 39.5 Å². The zero-order valence-corrected chi connectivity index (χ0v) is 14.1. The van der Waals surface area contributed by atoms with E-state index in [0.717, 1.165) is 5.56 Å². The van der Waals surface area contributed by atoms with Gasteiger partial charge in [-0.2, -0.15) is 0 Å². The summed E-state index contributed by atoms with van der Waals surface area (Å²) in [6, 6.07) is 8.12. The van der Waals surface area contributed by atoms with E-state index in [-0.39, 0.29) is 24.9 Å². The van der Waals surface area contributed by atoms with Gasteiger partial charge in [-0.05, 0) is 32.3 Å². The molecule has 0 heterocycles. The third-order valence-electron chi connectivity index (χ3n) is 3.58. The third kappa shape index (κ3) is 7.79. The van der Waals surface area contributed by atoms with Crippen LogP contribution in [0.1, 0.15) is 37.3 Å². The van der Waals surface area contributed by atoms with Crippen LogP contribution in [0.4, 0.5) is 0 Å². The summed E-state index contributed by atoms with van der Waals surface area (Å²) in [6.45, 7) is 4.96. The fourth-order valence-corrected chi connectivity index (χ4v) is 2.25. The van der Waals surface area contributed by atoms with Crippen molar-refractivity contribution in [1.29, 1.82) is 0 Å². The first-order valence-electron chi connectivity index (χ1n) is 8.16. The molecule has 0 aliphatic carbocycles. The molecule has 0 aliphatic heterocycles. The van der Waals surface area contributed by atoms with Gasteiger partial charge in [0.15, 0.2) is 0 Å². The molecule has 0 atom stereocenters. The summed E-state index contributed by atoms with van der Waals surface area (Å²) in [5.41, 5.74) is 2.32. The van der Waals surface area contributed by atoms with Gasteiger partial charge in [0.1, 0.15) is 0 Å². The maximum absolute atomic E-state index is 12.4. The quantitative estimate of drug-likeness (QED) is 0.670. The Morgan fingerprint density at radius 2 is 1.83 bits per heavy atom. The lowest BCUT2D eigenvalue weighted by molar-refractivity contribution is -0.144. The fraction of sp³-hybridized carbons (Fsp3) is 0.556. The molecule has 23 heavy (non-hydrogen) atoms. The van der Waals surface area contributed by atoms with E-state index in [1.807, 2.05) is 31.2 Å². The molecule has 0 saturated carbocycles. The molecule has 0 fully saturated rings. The molecule has 0 aromatic heterocycles. The first-order chi connectivity index (χ1) is 11.1. The average molecular weight is 321 g/mol. The number of benzene rings is 1. The van der Waals surface area contributed by atoms with Crippen LogP contribution < -0.4 is 0 Å². The second kappa shape index (κ2) is 10.8. The van der Waals surface area contributed by atoms with E-state index in [9.17, 15) is 9.59 Å². The van der Waals surface area contributed by atoms with Crippen molar-refractivity contribution in [3.63, 3.8) is 0 Å². The summed E-state index contributed by atoms with van der Waals surface area (Å²) < 4.78 is 4.89. The van der Waals surface area contributed by atoms with Crippen LogP contribution in [0.3, 0.4) is 0 Å². The number of esters is 1. The van der Waals surface area contributed by atoms with E-state index in [4.69, 9.17) is 9.84 Å². The molecule has 1 N–H and O–H groups in total. The minimum absolute atomic E-state index is 0.00308. The average Bonchev–Trinajstić information content (AvgIpc) is 2.54. The van der Waals surface area contributed by atoms with E-state index < -0.39 is 0 Å². The molecular formula is C18H27NO4. The van der Waals surface area contributed by atoms with Crippen molar-refractivity contribution in [2.24, 2.45) is 0 Å². The van der Waals surface area contributed by atoms with Gasteiger partial charge in [-0.3, -0.25) is 9.59 Å². The van der Waals surface area contributed by atoms with E-state index in [2.05, 4.69) is 0 Å². The number of rotatable bonds is 10. The molecule has 5 heteroatoms. The summed E-state index contributed by atoms with van der Waals surface area (Å²) in [4.78, 5) is 25.4. The Morgan fingerprint density at radius 1 is 1.13 bits per heavy atom. The molecule has 0 radical (unpaired) electrons. The maximum atomic E-state index is 12.4. The summed E-state index contributed by atoms with van der Waals surface area (Å²) >= 11 is 0. The maximum Gasteiger partial charge on any atom is 0.307 e. The SMILES string of the molecule is CCOC(=O)CCN(CCCO)C(=O)CCc1ccc(C)cc1. The van der Waals surface area contributed by atoms with Crippen molar-refractivity contribution in [2.75, 3.05) is 26.3 Å². The molecule has 1 aromatic rings. The lowest BCUT2D eigenvalue weighted by atomic mass is 10.1. The molecule has 1 aromatic carbocycles. The van der Waals surface area contributed by atoms with E-state index in [1.54, 1.807) is 11.8 Å².